The van der Waals surface area contributed by atoms with E-state index in [1.165, 1.54) is 12.8 Å². The van der Waals surface area contributed by atoms with Crippen molar-refractivity contribution in [2.75, 3.05) is 53.4 Å². The SMILES string of the molecule is CN(C)C(=O)CN=C(NCC1CCCO1)NCC(c1ccco1)N1CCCC1.I. The van der Waals surface area contributed by atoms with Gasteiger partial charge in [0.05, 0.1) is 18.4 Å². The van der Waals surface area contributed by atoms with Gasteiger partial charge in [0.15, 0.2) is 5.96 Å². The van der Waals surface area contributed by atoms with Gasteiger partial charge in [-0.3, -0.25) is 9.69 Å². The fourth-order valence-electron chi connectivity index (χ4n) is 3.62. The molecule has 2 saturated heterocycles. The van der Waals surface area contributed by atoms with E-state index in [9.17, 15) is 4.79 Å². The molecule has 3 rings (SSSR count). The molecule has 3 heterocycles. The highest BCUT2D eigenvalue weighted by Crippen LogP contribution is 2.24. The number of likely N-dealkylation sites (N-methyl/N-ethyl adjacent to an activating group) is 1. The summed E-state index contributed by atoms with van der Waals surface area (Å²) in [6, 6.07) is 4.10. The lowest BCUT2D eigenvalue weighted by Crippen LogP contribution is -2.45. The van der Waals surface area contributed by atoms with E-state index in [0.29, 0.717) is 19.0 Å². The lowest BCUT2D eigenvalue weighted by molar-refractivity contribution is -0.127. The Hall–Kier alpha value is -1.33. The van der Waals surface area contributed by atoms with Crippen LogP contribution in [0.1, 0.15) is 37.5 Å². The molecule has 2 aliphatic heterocycles. The minimum absolute atomic E-state index is 0. The quantitative estimate of drug-likeness (QED) is 0.310. The van der Waals surface area contributed by atoms with E-state index in [2.05, 4.69) is 20.5 Å². The predicted molar refractivity (Wildman–Crippen MR) is 124 cm³/mol. The summed E-state index contributed by atoms with van der Waals surface area (Å²) in [6.45, 7) is 4.44. The van der Waals surface area contributed by atoms with E-state index in [-0.39, 0.29) is 48.6 Å². The molecule has 9 heteroatoms. The topological polar surface area (TPSA) is 82.3 Å². The molecule has 2 N–H and O–H groups in total. The first-order valence-electron chi connectivity index (χ1n) is 10.2. The number of nitrogens with one attached hydrogen (secondary N) is 2. The molecule has 0 aromatic carbocycles. The summed E-state index contributed by atoms with van der Waals surface area (Å²) in [5, 5.41) is 6.76. The molecule has 1 aromatic rings. The summed E-state index contributed by atoms with van der Waals surface area (Å²) >= 11 is 0. The number of aliphatic imine (C=N–C) groups is 1. The van der Waals surface area contributed by atoms with Gasteiger partial charge in [-0.15, -0.1) is 24.0 Å². The van der Waals surface area contributed by atoms with E-state index < -0.39 is 0 Å². The Labute approximate surface area is 190 Å². The van der Waals surface area contributed by atoms with Crippen LogP contribution in [0, 0.1) is 0 Å². The van der Waals surface area contributed by atoms with E-state index >= 15 is 0 Å². The van der Waals surface area contributed by atoms with Crippen molar-refractivity contribution in [3.8, 4) is 0 Å². The van der Waals surface area contributed by atoms with Crippen molar-refractivity contribution in [2.45, 2.75) is 37.8 Å². The van der Waals surface area contributed by atoms with Crippen molar-refractivity contribution in [3.63, 3.8) is 0 Å². The second kappa shape index (κ2) is 12.4. The van der Waals surface area contributed by atoms with Gasteiger partial charge in [0.1, 0.15) is 12.3 Å². The first-order valence-corrected chi connectivity index (χ1v) is 10.2. The van der Waals surface area contributed by atoms with E-state index in [1.54, 1.807) is 25.3 Å². The smallest absolute Gasteiger partial charge is 0.243 e. The molecule has 2 unspecified atom stereocenters. The van der Waals surface area contributed by atoms with Crippen molar-refractivity contribution < 1.29 is 13.9 Å². The minimum Gasteiger partial charge on any atom is -0.468 e. The number of amides is 1. The predicted octanol–water partition coefficient (Wildman–Crippen LogP) is 1.84. The Bertz CT molecular complexity index is 626. The molecule has 2 fully saturated rings. The van der Waals surface area contributed by atoms with Crippen LogP contribution in [0.5, 0.6) is 0 Å². The highest BCUT2D eigenvalue weighted by atomic mass is 127. The number of carbonyl (C=O) groups excluding carboxylic acids is 1. The molecule has 0 saturated carbocycles. The summed E-state index contributed by atoms with van der Waals surface area (Å²) in [6.07, 6.45) is 6.51. The minimum atomic E-state index is -0.0275. The number of furan rings is 1. The molecular weight excluding hydrogens is 485 g/mol. The van der Waals surface area contributed by atoms with Crippen LogP contribution < -0.4 is 10.6 Å². The second-order valence-electron chi connectivity index (χ2n) is 7.62. The summed E-state index contributed by atoms with van der Waals surface area (Å²) < 4.78 is 11.4. The van der Waals surface area contributed by atoms with Crippen molar-refractivity contribution >= 4 is 35.8 Å². The monoisotopic (exact) mass is 519 g/mol. The molecular formula is C20H34IN5O3. The van der Waals surface area contributed by atoms with Gasteiger partial charge in [0.2, 0.25) is 5.91 Å². The average Bonchev–Trinajstić information content (AvgIpc) is 3.46. The first kappa shape index (κ1) is 23.9. The first-order chi connectivity index (χ1) is 13.6. The highest BCUT2D eigenvalue weighted by molar-refractivity contribution is 14.0. The van der Waals surface area contributed by atoms with Crippen LogP contribution in [0.15, 0.2) is 27.8 Å². The Morgan fingerprint density at radius 1 is 1.31 bits per heavy atom. The molecule has 0 bridgehead atoms. The fraction of sp³-hybridized carbons (Fsp3) is 0.700. The molecule has 0 aliphatic carbocycles. The van der Waals surface area contributed by atoms with Crippen LogP contribution in [0.4, 0.5) is 0 Å². The summed E-state index contributed by atoms with van der Waals surface area (Å²) in [7, 11) is 3.48. The Morgan fingerprint density at radius 2 is 2.10 bits per heavy atom. The third kappa shape index (κ3) is 7.45. The molecule has 0 spiro atoms. The van der Waals surface area contributed by atoms with Crippen LogP contribution in [0.25, 0.3) is 0 Å². The standard InChI is InChI=1S/C20H33N5O3.HI/c1-24(2)19(26)15-23-20(21-13-16-7-5-11-27-16)22-14-17(18-8-6-12-28-18)25-9-3-4-10-25;/h6,8,12,16-17H,3-5,7,9-11,13-15H2,1-2H3,(H2,21,22,23);1H. The van der Waals surface area contributed by atoms with Crippen LogP contribution in [-0.2, 0) is 9.53 Å². The molecule has 29 heavy (non-hydrogen) atoms. The van der Waals surface area contributed by atoms with Gasteiger partial charge in [-0.1, -0.05) is 0 Å². The number of likely N-dealkylation sites (tertiary alicyclic amines) is 1. The number of rotatable bonds is 8. The molecule has 1 amide bonds. The summed E-state index contributed by atoms with van der Waals surface area (Å²) in [5.74, 6) is 1.57. The van der Waals surface area contributed by atoms with E-state index in [1.807, 2.05) is 12.1 Å². The average molecular weight is 519 g/mol. The fourth-order valence-corrected chi connectivity index (χ4v) is 3.62. The zero-order valence-corrected chi connectivity index (χ0v) is 19.8. The van der Waals surface area contributed by atoms with Crippen LogP contribution in [-0.4, -0.2) is 81.2 Å². The zero-order chi connectivity index (χ0) is 19.8. The lowest BCUT2D eigenvalue weighted by Gasteiger charge is -2.27. The maximum absolute atomic E-state index is 12.0. The zero-order valence-electron chi connectivity index (χ0n) is 17.4. The largest absolute Gasteiger partial charge is 0.468 e. The Balaban J connectivity index is 0.00000300. The number of carbonyl (C=O) groups is 1. The summed E-state index contributed by atoms with van der Waals surface area (Å²) in [4.78, 5) is 20.4. The molecule has 0 radical (unpaired) electrons. The number of guanidine groups is 1. The van der Waals surface area contributed by atoms with Gasteiger partial charge < -0.3 is 24.7 Å². The lowest BCUT2D eigenvalue weighted by atomic mass is 10.2. The van der Waals surface area contributed by atoms with Crippen molar-refractivity contribution in [1.29, 1.82) is 0 Å². The molecule has 2 atom stereocenters. The molecule has 1 aromatic heterocycles. The van der Waals surface area contributed by atoms with Crippen molar-refractivity contribution in [3.05, 3.63) is 24.2 Å². The van der Waals surface area contributed by atoms with Crippen LogP contribution in [0.3, 0.4) is 0 Å². The number of nitrogens with zero attached hydrogens (tertiary/aromatic N) is 3. The summed E-state index contributed by atoms with van der Waals surface area (Å²) in [5.41, 5.74) is 0. The Kier molecular flexibility index (Phi) is 10.2. The van der Waals surface area contributed by atoms with Gasteiger partial charge in [-0.2, -0.15) is 0 Å². The Morgan fingerprint density at radius 3 is 2.72 bits per heavy atom. The normalized spacial score (nSPS) is 20.9. The third-order valence-corrected chi connectivity index (χ3v) is 5.31. The number of halogens is 1. The van der Waals surface area contributed by atoms with Crippen molar-refractivity contribution in [1.82, 2.24) is 20.4 Å². The van der Waals surface area contributed by atoms with Gasteiger partial charge in [-0.25, -0.2) is 4.99 Å². The maximum Gasteiger partial charge on any atom is 0.243 e. The number of ether oxygens (including phenoxy) is 1. The van der Waals surface area contributed by atoms with E-state index in [0.717, 1.165) is 38.3 Å². The van der Waals surface area contributed by atoms with E-state index in [4.69, 9.17) is 9.15 Å². The maximum atomic E-state index is 12.0. The molecule has 164 valence electrons. The van der Waals surface area contributed by atoms with Gasteiger partial charge >= 0.3 is 0 Å². The van der Waals surface area contributed by atoms with Gasteiger partial charge in [-0.05, 0) is 50.9 Å². The van der Waals surface area contributed by atoms with Crippen LogP contribution in [0.2, 0.25) is 0 Å². The second-order valence-corrected chi connectivity index (χ2v) is 7.62. The molecule has 8 nitrogen and oxygen atoms in total. The van der Waals surface area contributed by atoms with Crippen molar-refractivity contribution in [2.24, 2.45) is 4.99 Å². The molecule has 2 aliphatic rings. The third-order valence-electron chi connectivity index (χ3n) is 5.31. The number of hydrogen-bond donors (Lipinski definition) is 2. The highest BCUT2D eigenvalue weighted by Gasteiger charge is 2.26. The van der Waals surface area contributed by atoms with Crippen LogP contribution >= 0.6 is 24.0 Å². The van der Waals surface area contributed by atoms with Gasteiger partial charge in [0, 0.05) is 33.8 Å². The van der Waals surface area contributed by atoms with Gasteiger partial charge in [0.25, 0.3) is 0 Å². The number of hydrogen-bond acceptors (Lipinski definition) is 5.